The number of aromatic amines is 1. The number of halogens is 2. The second kappa shape index (κ2) is 10.9. The van der Waals surface area contributed by atoms with Crippen LogP contribution < -0.4 is 10.2 Å². The smallest absolute Gasteiger partial charge is 0.204 e. The van der Waals surface area contributed by atoms with Crippen molar-refractivity contribution >= 4 is 34.1 Å². The Labute approximate surface area is 249 Å². The number of alkyl halides is 1. The summed E-state index contributed by atoms with van der Waals surface area (Å²) in [5.74, 6) is 0.559. The number of hydrogen-bond donors (Lipinski definition) is 2. The molecular weight excluding hydrogens is 551 g/mol. The van der Waals surface area contributed by atoms with E-state index in [2.05, 4.69) is 64.0 Å². The maximum atomic E-state index is 14.4. The molecule has 3 aromatic heterocycles. The van der Waals surface area contributed by atoms with Gasteiger partial charge in [-0.05, 0) is 60.6 Å². The van der Waals surface area contributed by atoms with Gasteiger partial charge in [0, 0.05) is 60.6 Å². The van der Waals surface area contributed by atoms with Gasteiger partial charge in [-0.3, -0.25) is 4.68 Å². The van der Waals surface area contributed by atoms with Crippen molar-refractivity contribution in [1.29, 1.82) is 0 Å². The fourth-order valence-corrected chi connectivity index (χ4v) is 6.73. The van der Waals surface area contributed by atoms with Gasteiger partial charge in [-0.2, -0.15) is 5.10 Å². The third-order valence-corrected chi connectivity index (χ3v) is 8.86. The van der Waals surface area contributed by atoms with E-state index in [-0.39, 0.29) is 0 Å². The molecule has 2 atom stereocenters. The lowest BCUT2D eigenvalue weighted by Gasteiger charge is -2.29. The average Bonchev–Trinajstić information content (AvgIpc) is 3.81. The summed E-state index contributed by atoms with van der Waals surface area (Å²) >= 11 is 6.96. The first-order valence-electron chi connectivity index (χ1n) is 14.7. The van der Waals surface area contributed by atoms with Gasteiger partial charge in [0.15, 0.2) is 0 Å². The lowest BCUT2D eigenvalue weighted by molar-refractivity contribution is 0.328. The van der Waals surface area contributed by atoms with Gasteiger partial charge in [-0.15, -0.1) is 0 Å². The number of benzene rings is 2. The van der Waals surface area contributed by atoms with Crippen LogP contribution in [0.4, 0.5) is 16.0 Å². The van der Waals surface area contributed by atoms with Gasteiger partial charge in [-0.1, -0.05) is 37.2 Å². The Balaban J connectivity index is 1.30. The molecule has 1 unspecified atom stereocenters. The van der Waals surface area contributed by atoms with Crippen molar-refractivity contribution in [1.82, 2.24) is 29.3 Å². The minimum Gasteiger partial charge on any atom is -0.372 e. The summed E-state index contributed by atoms with van der Waals surface area (Å²) in [5.41, 5.74) is 7.62. The highest BCUT2D eigenvalue weighted by molar-refractivity contribution is 6.36. The molecule has 0 bridgehead atoms. The molecule has 5 heterocycles. The highest BCUT2D eigenvalue weighted by Crippen LogP contribution is 2.38. The highest BCUT2D eigenvalue weighted by atomic mass is 35.5. The number of nitrogens with one attached hydrogen (secondary N) is 2. The van der Waals surface area contributed by atoms with Crippen molar-refractivity contribution in [2.24, 2.45) is 0 Å². The van der Waals surface area contributed by atoms with E-state index < -0.39 is 12.2 Å². The molecular formula is C32H34ClFN8. The summed E-state index contributed by atoms with van der Waals surface area (Å²) in [6.45, 7) is 9.02. The van der Waals surface area contributed by atoms with Crippen LogP contribution in [0.2, 0.25) is 5.02 Å². The van der Waals surface area contributed by atoms with Gasteiger partial charge in [0.1, 0.15) is 12.2 Å². The number of anilines is 2. The largest absolute Gasteiger partial charge is 0.372 e. The first-order chi connectivity index (χ1) is 20.5. The second-order valence-electron chi connectivity index (χ2n) is 11.2. The third kappa shape index (κ3) is 4.75. The van der Waals surface area contributed by atoms with Crippen molar-refractivity contribution in [3.63, 3.8) is 0 Å². The Kier molecular flexibility index (Phi) is 6.98. The maximum absolute atomic E-state index is 14.4. The molecule has 216 valence electrons. The predicted molar refractivity (Wildman–Crippen MR) is 166 cm³/mol. The number of imidazole rings is 2. The van der Waals surface area contributed by atoms with Crippen LogP contribution in [0.3, 0.4) is 0 Å². The lowest BCUT2D eigenvalue weighted by Crippen LogP contribution is -2.29. The van der Waals surface area contributed by atoms with Crippen molar-refractivity contribution < 1.29 is 4.39 Å². The minimum absolute atomic E-state index is 0.305. The van der Waals surface area contributed by atoms with E-state index in [9.17, 15) is 4.39 Å². The van der Waals surface area contributed by atoms with Gasteiger partial charge in [-0.25, -0.2) is 14.4 Å². The molecule has 0 aliphatic carbocycles. The Morgan fingerprint density at radius 2 is 2.00 bits per heavy atom. The number of hydrogen-bond acceptors (Lipinski definition) is 5. The Morgan fingerprint density at radius 3 is 2.74 bits per heavy atom. The summed E-state index contributed by atoms with van der Waals surface area (Å²) < 4.78 is 18.1. The molecule has 0 radical (unpaired) electrons. The fraction of sp³-hybridized carbons (Fsp3) is 0.344. The SMILES string of the molecule is C=C(Nc1ncc[nH]1)C(c1ncn2c1C[C@@H](F)C2)n1cc2c(Cl)cc(-c3ccc(N4CCCCC4)cc3)c(CC)c2n1. The molecule has 0 spiro atoms. The highest BCUT2D eigenvalue weighted by Gasteiger charge is 2.32. The monoisotopic (exact) mass is 584 g/mol. The number of aryl methyl sites for hydroxylation is 1. The lowest BCUT2D eigenvalue weighted by atomic mass is 9.95. The van der Waals surface area contributed by atoms with Crippen LogP contribution >= 0.6 is 11.6 Å². The molecule has 8 nitrogen and oxygen atoms in total. The van der Waals surface area contributed by atoms with Gasteiger partial charge in [0.2, 0.25) is 5.95 Å². The molecule has 0 amide bonds. The summed E-state index contributed by atoms with van der Waals surface area (Å²) in [4.78, 5) is 14.5. The van der Waals surface area contributed by atoms with Gasteiger partial charge < -0.3 is 19.8 Å². The van der Waals surface area contributed by atoms with E-state index in [1.807, 2.05) is 15.4 Å². The summed E-state index contributed by atoms with van der Waals surface area (Å²) in [5, 5.41) is 9.88. The molecule has 7 rings (SSSR count). The zero-order valence-electron chi connectivity index (χ0n) is 23.7. The van der Waals surface area contributed by atoms with Crippen LogP contribution in [0.25, 0.3) is 22.0 Å². The molecule has 2 aromatic carbocycles. The molecule has 1 saturated heterocycles. The number of allylic oxidation sites excluding steroid dienone is 1. The van der Waals surface area contributed by atoms with E-state index in [0.29, 0.717) is 29.6 Å². The van der Waals surface area contributed by atoms with Crippen LogP contribution in [0, 0.1) is 0 Å². The first kappa shape index (κ1) is 26.8. The van der Waals surface area contributed by atoms with Crippen LogP contribution in [-0.4, -0.2) is 48.6 Å². The van der Waals surface area contributed by atoms with Crippen LogP contribution in [0.1, 0.15) is 49.2 Å². The molecule has 1 fully saturated rings. The molecule has 2 aliphatic rings. The number of nitrogens with zero attached hydrogens (tertiary/aromatic N) is 6. The summed E-state index contributed by atoms with van der Waals surface area (Å²) in [6, 6.07) is 10.4. The zero-order chi connectivity index (χ0) is 28.8. The second-order valence-corrected chi connectivity index (χ2v) is 11.6. The van der Waals surface area contributed by atoms with Crippen molar-refractivity contribution in [3.8, 4) is 11.1 Å². The topological polar surface area (TPSA) is 79.6 Å². The summed E-state index contributed by atoms with van der Waals surface area (Å²) in [6.07, 6.45) is 11.0. The van der Waals surface area contributed by atoms with E-state index in [1.54, 1.807) is 18.7 Å². The van der Waals surface area contributed by atoms with E-state index in [0.717, 1.165) is 58.5 Å². The fourth-order valence-electron chi connectivity index (χ4n) is 6.48. The normalized spacial score (nSPS) is 17.5. The average molecular weight is 585 g/mol. The molecule has 5 aromatic rings. The number of H-pyrrole nitrogens is 1. The van der Waals surface area contributed by atoms with Gasteiger partial charge in [0.05, 0.1) is 29.1 Å². The zero-order valence-corrected chi connectivity index (χ0v) is 24.4. The number of rotatable bonds is 8. The van der Waals surface area contributed by atoms with Gasteiger partial charge >= 0.3 is 0 Å². The molecule has 0 saturated carbocycles. The minimum atomic E-state index is -0.935. The third-order valence-electron chi connectivity index (χ3n) is 8.54. The Morgan fingerprint density at radius 1 is 1.19 bits per heavy atom. The maximum Gasteiger partial charge on any atom is 0.204 e. The molecule has 42 heavy (non-hydrogen) atoms. The number of piperidine rings is 1. The van der Waals surface area contributed by atoms with E-state index >= 15 is 0 Å². The molecule has 10 heteroatoms. The van der Waals surface area contributed by atoms with Crippen LogP contribution in [0.5, 0.6) is 0 Å². The predicted octanol–water partition coefficient (Wildman–Crippen LogP) is 6.94. The van der Waals surface area contributed by atoms with Crippen molar-refractivity contribution in [2.45, 2.75) is 57.8 Å². The first-order valence-corrected chi connectivity index (χ1v) is 15.1. The van der Waals surface area contributed by atoms with Gasteiger partial charge in [0.25, 0.3) is 0 Å². The Bertz CT molecular complexity index is 1730. The van der Waals surface area contributed by atoms with E-state index in [4.69, 9.17) is 21.7 Å². The summed E-state index contributed by atoms with van der Waals surface area (Å²) in [7, 11) is 0. The van der Waals surface area contributed by atoms with Crippen molar-refractivity contribution in [3.05, 3.63) is 89.5 Å². The van der Waals surface area contributed by atoms with Crippen molar-refractivity contribution in [2.75, 3.05) is 23.3 Å². The molecule has 2 N–H and O–H groups in total. The number of fused-ring (bicyclic) bond motifs is 2. The number of aromatic nitrogens is 6. The van der Waals surface area contributed by atoms with Crippen LogP contribution in [0.15, 0.2) is 67.5 Å². The Hall–Kier alpha value is -4.11. The molecule has 2 aliphatic heterocycles. The quantitative estimate of drug-likeness (QED) is 0.207. The van der Waals surface area contributed by atoms with E-state index in [1.165, 1.54) is 24.9 Å². The van der Waals surface area contributed by atoms with Crippen LogP contribution in [-0.2, 0) is 19.4 Å². The standard InChI is InChI=1S/C32H34ClFN8/c1-3-24-25(21-7-9-23(10-8-21)40-13-5-4-6-14-40)16-27(33)26-18-42(39-29(24)26)31(20(2)38-32-35-11-12-36-32)30-28-15-22(34)17-41(28)19-37-30/h7-12,16,18-19,22,31H,2-6,13-15,17H2,1H3,(H2,35,36,38)/t22-,31?/m1/s1.